The SMILES string of the molecule is Cc1nc(=O)n(CC2CCC(=O)N2)c(C)c1CC(=O)O. The molecule has 1 unspecified atom stereocenters. The molecule has 1 fully saturated rings. The van der Waals surface area contributed by atoms with Crippen molar-refractivity contribution in [2.75, 3.05) is 0 Å². The van der Waals surface area contributed by atoms with E-state index in [1.807, 2.05) is 0 Å². The number of aryl methyl sites for hydroxylation is 1. The standard InChI is InChI=1S/C13H17N3O4/c1-7-10(5-12(18)19)8(2)16(13(20)14-7)6-9-3-4-11(17)15-9/h9H,3-6H2,1-2H3,(H,15,17)(H,18,19). The van der Waals surface area contributed by atoms with Gasteiger partial charge in [0.2, 0.25) is 5.91 Å². The van der Waals surface area contributed by atoms with Gasteiger partial charge in [0.25, 0.3) is 0 Å². The second-order valence-electron chi connectivity index (χ2n) is 5.03. The molecule has 0 spiro atoms. The molecule has 1 aromatic rings. The first-order chi connectivity index (χ1) is 9.38. The Morgan fingerprint density at radius 3 is 2.70 bits per heavy atom. The summed E-state index contributed by atoms with van der Waals surface area (Å²) < 4.78 is 1.45. The van der Waals surface area contributed by atoms with Crippen LogP contribution in [0.3, 0.4) is 0 Å². The number of hydrogen-bond acceptors (Lipinski definition) is 4. The van der Waals surface area contributed by atoms with Crippen LogP contribution in [0, 0.1) is 13.8 Å². The molecule has 2 heterocycles. The predicted molar refractivity (Wildman–Crippen MR) is 70.5 cm³/mol. The first kappa shape index (κ1) is 14.2. The highest BCUT2D eigenvalue weighted by atomic mass is 16.4. The Morgan fingerprint density at radius 1 is 1.45 bits per heavy atom. The average Bonchev–Trinajstić information content (AvgIpc) is 2.75. The number of carbonyl (C=O) groups is 2. The number of aromatic nitrogens is 2. The van der Waals surface area contributed by atoms with Gasteiger partial charge in [-0.3, -0.25) is 14.2 Å². The lowest BCUT2D eigenvalue weighted by Crippen LogP contribution is -2.37. The molecule has 0 bridgehead atoms. The maximum Gasteiger partial charge on any atom is 0.348 e. The zero-order valence-electron chi connectivity index (χ0n) is 11.5. The number of nitrogens with zero attached hydrogens (tertiary/aromatic N) is 2. The summed E-state index contributed by atoms with van der Waals surface area (Å²) in [5, 5.41) is 11.7. The van der Waals surface area contributed by atoms with Crippen molar-refractivity contribution in [3.05, 3.63) is 27.4 Å². The third kappa shape index (κ3) is 2.87. The van der Waals surface area contributed by atoms with E-state index in [2.05, 4.69) is 10.3 Å². The number of amides is 1. The fourth-order valence-corrected chi connectivity index (χ4v) is 2.50. The van der Waals surface area contributed by atoms with Crippen molar-refractivity contribution in [1.82, 2.24) is 14.9 Å². The molecule has 0 radical (unpaired) electrons. The van der Waals surface area contributed by atoms with Crippen molar-refractivity contribution in [3.8, 4) is 0 Å². The fraction of sp³-hybridized carbons (Fsp3) is 0.538. The van der Waals surface area contributed by atoms with E-state index < -0.39 is 11.7 Å². The number of rotatable bonds is 4. The summed E-state index contributed by atoms with van der Waals surface area (Å²) in [5.74, 6) is -0.982. The zero-order valence-corrected chi connectivity index (χ0v) is 11.5. The summed E-state index contributed by atoms with van der Waals surface area (Å²) in [4.78, 5) is 37.9. The molecule has 0 aliphatic carbocycles. The van der Waals surface area contributed by atoms with Crippen molar-refractivity contribution in [2.45, 2.75) is 45.7 Å². The van der Waals surface area contributed by atoms with E-state index in [0.717, 1.165) is 0 Å². The molecule has 1 saturated heterocycles. The van der Waals surface area contributed by atoms with Crippen LogP contribution in [0.1, 0.15) is 29.8 Å². The van der Waals surface area contributed by atoms with Gasteiger partial charge in [-0.15, -0.1) is 0 Å². The number of hydrogen-bond donors (Lipinski definition) is 2. The minimum atomic E-state index is -0.961. The van der Waals surface area contributed by atoms with Gasteiger partial charge in [-0.05, 0) is 20.3 Å². The van der Waals surface area contributed by atoms with E-state index in [4.69, 9.17) is 5.11 Å². The molecule has 7 nitrogen and oxygen atoms in total. The molecule has 0 saturated carbocycles. The number of carbonyl (C=O) groups excluding carboxylic acids is 1. The van der Waals surface area contributed by atoms with Crippen LogP contribution in [0.2, 0.25) is 0 Å². The average molecular weight is 279 g/mol. The van der Waals surface area contributed by atoms with Gasteiger partial charge < -0.3 is 10.4 Å². The van der Waals surface area contributed by atoms with Gasteiger partial charge in [0.15, 0.2) is 0 Å². The van der Waals surface area contributed by atoms with Gasteiger partial charge in [-0.25, -0.2) is 4.79 Å². The lowest BCUT2D eigenvalue weighted by Gasteiger charge is -2.17. The summed E-state index contributed by atoms with van der Waals surface area (Å²) in [6.07, 6.45) is 0.967. The van der Waals surface area contributed by atoms with Gasteiger partial charge in [-0.1, -0.05) is 0 Å². The van der Waals surface area contributed by atoms with Crippen LogP contribution in [-0.4, -0.2) is 32.6 Å². The number of aliphatic carboxylic acids is 1. The molecule has 108 valence electrons. The summed E-state index contributed by atoms with van der Waals surface area (Å²) in [5.41, 5.74) is 1.20. The largest absolute Gasteiger partial charge is 0.481 e. The Bertz CT molecular complexity index is 621. The molecule has 2 rings (SSSR count). The second kappa shape index (κ2) is 5.44. The van der Waals surface area contributed by atoms with Crippen molar-refractivity contribution >= 4 is 11.9 Å². The molecule has 1 atom stereocenters. The molecule has 2 N–H and O–H groups in total. The summed E-state index contributed by atoms with van der Waals surface area (Å²) in [6.45, 7) is 3.68. The molecular formula is C13H17N3O4. The molecule has 1 amide bonds. The Balaban J connectivity index is 2.34. The molecule has 1 aromatic heterocycles. The maximum atomic E-state index is 12.0. The third-order valence-electron chi connectivity index (χ3n) is 3.59. The first-order valence-electron chi connectivity index (χ1n) is 6.46. The van der Waals surface area contributed by atoms with Crippen molar-refractivity contribution in [1.29, 1.82) is 0 Å². The Kier molecular flexibility index (Phi) is 3.87. The second-order valence-corrected chi connectivity index (χ2v) is 5.03. The molecule has 7 heteroatoms. The van der Waals surface area contributed by atoms with Gasteiger partial charge in [-0.2, -0.15) is 4.98 Å². The molecule has 1 aliphatic rings. The van der Waals surface area contributed by atoms with E-state index in [-0.39, 0.29) is 18.4 Å². The zero-order chi connectivity index (χ0) is 14.9. The predicted octanol–water partition coefficient (Wildman–Crippen LogP) is -0.234. The van der Waals surface area contributed by atoms with E-state index >= 15 is 0 Å². The monoisotopic (exact) mass is 279 g/mol. The topological polar surface area (TPSA) is 101 Å². The van der Waals surface area contributed by atoms with Crippen molar-refractivity contribution < 1.29 is 14.7 Å². The van der Waals surface area contributed by atoms with Crippen LogP contribution in [0.25, 0.3) is 0 Å². The third-order valence-corrected chi connectivity index (χ3v) is 3.59. The van der Waals surface area contributed by atoms with Crippen molar-refractivity contribution in [3.63, 3.8) is 0 Å². The Hall–Kier alpha value is -2.18. The highest BCUT2D eigenvalue weighted by molar-refractivity contribution is 5.78. The summed E-state index contributed by atoms with van der Waals surface area (Å²) in [6, 6.07) is -0.0962. The minimum absolute atomic E-state index is 0.0217. The Morgan fingerprint density at radius 2 is 2.15 bits per heavy atom. The van der Waals surface area contributed by atoms with Gasteiger partial charge in [0.05, 0.1) is 6.42 Å². The van der Waals surface area contributed by atoms with E-state index in [0.29, 0.717) is 36.3 Å². The molecule has 1 aliphatic heterocycles. The van der Waals surface area contributed by atoms with Crippen LogP contribution in [0.15, 0.2) is 4.79 Å². The normalized spacial score (nSPS) is 18.1. The minimum Gasteiger partial charge on any atom is -0.481 e. The quantitative estimate of drug-likeness (QED) is 0.792. The maximum absolute atomic E-state index is 12.0. The van der Waals surface area contributed by atoms with Crippen molar-refractivity contribution in [2.24, 2.45) is 0 Å². The van der Waals surface area contributed by atoms with E-state index in [1.54, 1.807) is 13.8 Å². The van der Waals surface area contributed by atoms with Crippen LogP contribution >= 0.6 is 0 Å². The van der Waals surface area contributed by atoms with Crippen LogP contribution < -0.4 is 11.0 Å². The van der Waals surface area contributed by atoms with Crippen LogP contribution in [-0.2, 0) is 22.6 Å². The van der Waals surface area contributed by atoms with Gasteiger partial charge in [0.1, 0.15) is 0 Å². The van der Waals surface area contributed by atoms with Gasteiger partial charge in [0, 0.05) is 36.0 Å². The highest BCUT2D eigenvalue weighted by Gasteiger charge is 2.23. The smallest absolute Gasteiger partial charge is 0.348 e. The lowest BCUT2D eigenvalue weighted by molar-refractivity contribution is -0.136. The van der Waals surface area contributed by atoms with Crippen LogP contribution in [0.5, 0.6) is 0 Å². The van der Waals surface area contributed by atoms with E-state index in [1.165, 1.54) is 4.57 Å². The number of carboxylic acid groups (broad SMARTS) is 1. The summed E-state index contributed by atoms with van der Waals surface area (Å²) in [7, 11) is 0. The first-order valence-corrected chi connectivity index (χ1v) is 6.46. The Labute approximate surface area is 115 Å². The molecular weight excluding hydrogens is 262 g/mol. The van der Waals surface area contributed by atoms with Crippen LogP contribution in [0.4, 0.5) is 0 Å². The number of nitrogens with one attached hydrogen (secondary N) is 1. The molecule has 0 aromatic carbocycles. The van der Waals surface area contributed by atoms with E-state index in [9.17, 15) is 14.4 Å². The fourth-order valence-electron chi connectivity index (χ4n) is 2.50. The highest BCUT2D eigenvalue weighted by Crippen LogP contribution is 2.13. The van der Waals surface area contributed by atoms with Gasteiger partial charge >= 0.3 is 11.7 Å². The molecule has 20 heavy (non-hydrogen) atoms. The lowest BCUT2D eigenvalue weighted by atomic mass is 10.1. The number of carboxylic acids is 1. The summed E-state index contributed by atoms with van der Waals surface area (Å²) >= 11 is 0.